The van der Waals surface area contributed by atoms with Crippen LogP contribution in [0.25, 0.3) is 0 Å². The highest BCUT2D eigenvalue weighted by Crippen LogP contribution is 2.26. The van der Waals surface area contributed by atoms with Crippen LogP contribution in [-0.4, -0.2) is 36.2 Å². The minimum atomic E-state index is 0.0337. The first kappa shape index (κ1) is 14.4. The molecule has 0 saturated carbocycles. The van der Waals surface area contributed by atoms with Crippen molar-refractivity contribution in [2.75, 3.05) is 26.2 Å². The van der Waals surface area contributed by atoms with Gasteiger partial charge in [-0.15, -0.1) is 13.2 Å². The minimum absolute atomic E-state index is 0.0337. The molecule has 0 saturated heterocycles. The van der Waals surface area contributed by atoms with E-state index in [4.69, 9.17) is 0 Å². The van der Waals surface area contributed by atoms with E-state index in [1.54, 1.807) is 0 Å². The molecule has 0 atom stereocenters. The number of rotatable bonds is 9. The normalized spacial score (nSPS) is 11.7. The predicted molar refractivity (Wildman–Crippen MR) is 66.9 cm³/mol. The molecule has 88 valence electrons. The molecule has 1 N–H and O–H groups in total. The summed E-state index contributed by atoms with van der Waals surface area (Å²) >= 11 is 0. The van der Waals surface area contributed by atoms with Crippen LogP contribution in [0.2, 0.25) is 0 Å². The van der Waals surface area contributed by atoms with Gasteiger partial charge in [0.2, 0.25) is 0 Å². The molecule has 0 aliphatic heterocycles. The molecule has 2 nitrogen and oxygen atoms in total. The summed E-state index contributed by atoms with van der Waals surface area (Å²) in [5.41, 5.74) is 0.0337. The van der Waals surface area contributed by atoms with Crippen molar-refractivity contribution in [3.8, 4) is 0 Å². The number of nitrogens with zero attached hydrogens (tertiary/aromatic N) is 1. The van der Waals surface area contributed by atoms with Gasteiger partial charge in [-0.25, -0.2) is 0 Å². The lowest BCUT2D eigenvalue weighted by atomic mass is 9.82. The Morgan fingerprint density at radius 1 is 1.13 bits per heavy atom. The predicted octanol–water partition coefficient (Wildman–Crippen LogP) is 2.46. The molecular formula is C13H25NO. The van der Waals surface area contributed by atoms with Crippen molar-refractivity contribution >= 4 is 0 Å². The number of hydrogen-bond donors (Lipinski definition) is 1. The van der Waals surface area contributed by atoms with E-state index >= 15 is 0 Å². The van der Waals surface area contributed by atoms with Crippen LogP contribution in [0.4, 0.5) is 0 Å². The summed E-state index contributed by atoms with van der Waals surface area (Å²) in [5, 5.41) is 9.48. The summed E-state index contributed by atoms with van der Waals surface area (Å²) in [6.07, 6.45) is 5.81. The van der Waals surface area contributed by atoms with Gasteiger partial charge in [0, 0.05) is 31.7 Å². The molecule has 0 rings (SSSR count). The molecule has 0 fully saturated rings. The van der Waals surface area contributed by atoms with Crippen LogP contribution in [0.15, 0.2) is 25.3 Å². The average molecular weight is 211 g/mol. The van der Waals surface area contributed by atoms with E-state index in [1.165, 1.54) is 0 Å². The second kappa shape index (κ2) is 7.66. The molecule has 0 aliphatic rings. The summed E-state index contributed by atoms with van der Waals surface area (Å²) < 4.78 is 0. The van der Waals surface area contributed by atoms with E-state index in [0.29, 0.717) is 0 Å². The van der Waals surface area contributed by atoms with Crippen LogP contribution in [0.3, 0.4) is 0 Å². The lowest BCUT2D eigenvalue weighted by Crippen LogP contribution is -2.39. The molecule has 0 unspecified atom stereocenters. The summed E-state index contributed by atoms with van der Waals surface area (Å²) in [7, 11) is 0. The number of aliphatic hydroxyl groups is 1. The first-order valence-corrected chi connectivity index (χ1v) is 5.73. The van der Waals surface area contributed by atoms with Gasteiger partial charge in [-0.2, -0.15) is 0 Å². The molecule has 15 heavy (non-hydrogen) atoms. The van der Waals surface area contributed by atoms with Crippen molar-refractivity contribution < 1.29 is 5.11 Å². The maximum absolute atomic E-state index is 9.48. The number of aliphatic hydroxyl groups excluding tert-OH is 1. The van der Waals surface area contributed by atoms with E-state index in [0.717, 1.165) is 32.5 Å². The molecule has 0 spiro atoms. The molecule has 0 bridgehead atoms. The Morgan fingerprint density at radius 3 is 1.87 bits per heavy atom. The zero-order valence-electron chi connectivity index (χ0n) is 10.2. The third-order valence-electron chi connectivity index (χ3n) is 3.17. The van der Waals surface area contributed by atoms with Crippen LogP contribution in [0.1, 0.15) is 26.7 Å². The zero-order valence-corrected chi connectivity index (χ0v) is 10.2. The lowest BCUT2D eigenvalue weighted by Gasteiger charge is -2.35. The molecule has 0 amide bonds. The minimum Gasteiger partial charge on any atom is -0.396 e. The Morgan fingerprint density at radius 2 is 1.60 bits per heavy atom. The summed E-state index contributed by atoms with van der Waals surface area (Å²) in [6.45, 7) is 14.7. The van der Waals surface area contributed by atoms with Gasteiger partial charge in [-0.05, 0) is 12.8 Å². The van der Waals surface area contributed by atoms with Gasteiger partial charge in [0.05, 0.1) is 0 Å². The van der Waals surface area contributed by atoms with Crippen LogP contribution in [0.5, 0.6) is 0 Å². The molecule has 0 aromatic heterocycles. The van der Waals surface area contributed by atoms with Crippen molar-refractivity contribution in [3.05, 3.63) is 25.3 Å². The molecule has 0 aromatic rings. The zero-order chi connectivity index (χ0) is 11.7. The van der Waals surface area contributed by atoms with Crippen LogP contribution < -0.4 is 0 Å². The highest BCUT2D eigenvalue weighted by Gasteiger charge is 2.27. The topological polar surface area (TPSA) is 23.5 Å². The molecule has 0 heterocycles. The van der Waals surface area contributed by atoms with Gasteiger partial charge >= 0.3 is 0 Å². The average Bonchev–Trinajstić information content (AvgIpc) is 2.27. The maximum Gasteiger partial charge on any atom is 0.0499 e. The van der Waals surface area contributed by atoms with Crippen LogP contribution in [-0.2, 0) is 0 Å². The van der Waals surface area contributed by atoms with E-state index in [-0.39, 0.29) is 12.0 Å². The van der Waals surface area contributed by atoms with Gasteiger partial charge in [-0.1, -0.05) is 26.0 Å². The largest absolute Gasteiger partial charge is 0.396 e. The van der Waals surface area contributed by atoms with E-state index in [1.807, 2.05) is 12.2 Å². The Bertz CT molecular complexity index is 167. The Balaban J connectivity index is 4.43. The summed E-state index contributed by atoms with van der Waals surface area (Å²) in [6, 6.07) is 0. The quantitative estimate of drug-likeness (QED) is 0.592. The first-order chi connectivity index (χ1) is 7.17. The second-order valence-corrected chi connectivity index (χ2v) is 4.14. The van der Waals surface area contributed by atoms with Crippen molar-refractivity contribution in [2.45, 2.75) is 26.7 Å². The Kier molecular flexibility index (Phi) is 7.35. The SMILES string of the molecule is C=CCN(CC=C)CC(CC)(CC)CO. The van der Waals surface area contributed by atoms with Crippen LogP contribution in [0, 0.1) is 5.41 Å². The second-order valence-electron chi connectivity index (χ2n) is 4.14. The molecule has 0 radical (unpaired) electrons. The number of hydrogen-bond acceptors (Lipinski definition) is 2. The van der Waals surface area contributed by atoms with Crippen molar-refractivity contribution in [1.82, 2.24) is 4.90 Å². The van der Waals surface area contributed by atoms with Crippen molar-refractivity contribution in [2.24, 2.45) is 5.41 Å². The van der Waals surface area contributed by atoms with E-state index in [9.17, 15) is 5.11 Å². The third kappa shape index (κ3) is 4.63. The molecule has 0 aromatic carbocycles. The van der Waals surface area contributed by atoms with Gasteiger partial charge in [0.25, 0.3) is 0 Å². The van der Waals surface area contributed by atoms with Gasteiger partial charge < -0.3 is 5.11 Å². The fraction of sp³-hybridized carbons (Fsp3) is 0.692. The molecular weight excluding hydrogens is 186 g/mol. The monoisotopic (exact) mass is 211 g/mol. The van der Waals surface area contributed by atoms with Crippen LogP contribution >= 0.6 is 0 Å². The highest BCUT2D eigenvalue weighted by molar-refractivity contribution is 4.86. The Labute approximate surface area is 94.3 Å². The maximum atomic E-state index is 9.48. The summed E-state index contributed by atoms with van der Waals surface area (Å²) in [5.74, 6) is 0. The van der Waals surface area contributed by atoms with Crippen molar-refractivity contribution in [3.63, 3.8) is 0 Å². The first-order valence-electron chi connectivity index (χ1n) is 5.73. The highest BCUT2D eigenvalue weighted by atomic mass is 16.3. The van der Waals surface area contributed by atoms with Gasteiger partial charge in [-0.3, -0.25) is 4.90 Å². The lowest BCUT2D eigenvalue weighted by molar-refractivity contribution is 0.0744. The fourth-order valence-electron chi connectivity index (χ4n) is 1.79. The van der Waals surface area contributed by atoms with E-state index < -0.39 is 0 Å². The molecule has 2 heteroatoms. The van der Waals surface area contributed by atoms with Gasteiger partial charge in [0.1, 0.15) is 0 Å². The molecule has 0 aliphatic carbocycles. The van der Waals surface area contributed by atoms with Crippen molar-refractivity contribution in [1.29, 1.82) is 0 Å². The Hall–Kier alpha value is -0.600. The fourth-order valence-corrected chi connectivity index (χ4v) is 1.79. The standard InChI is InChI=1S/C13H25NO/c1-5-9-14(10-6-2)11-13(7-3,8-4)12-15/h5-6,15H,1-2,7-12H2,3-4H3. The van der Waals surface area contributed by atoms with E-state index in [2.05, 4.69) is 31.9 Å². The third-order valence-corrected chi connectivity index (χ3v) is 3.17. The smallest absolute Gasteiger partial charge is 0.0499 e. The summed E-state index contributed by atoms with van der Waals surface area (Å²) in [4.78, 5) is 2.27. The van der Waals surface area contributed by atoms with Gasteiger partial charge in [0.15, 0.2) is 0 Å².